The van der Waals surface area contributed by atoms with Crippen molar-refractivity contribution >= 4 is 41.5 Å². The number of nitrogens with two attached hydrogens (primary N) is 1. The number of carboxylic acid groups (broad SMARTS) is 1. The molecule has 0 saturated carbocycles. The first-order chi connectivity index (χ1) is 14.6. The molecule has 164 valence electrons. The second-order valence-electron chi connectivity index (χ2n) is 6.62. The molecule has 0 bridgehead atoms. The Labute approximate surface area is 180 Å². The van der Waals surface area contributed by atoms with Gasteiger partial charge in [0, 0.05) is 25.2 Å². The predicted octanol–water partition coefficient (Wildman–Crippen LogP) is 0.275. The molecule has 11 nitrogen and oxygen atoms in total. The van der Waals surface area contributed by atoms with Crippen LogP contribution in [0.4, 0.5) is 0 Å². The van der Waals surface area contributed by atoms with Crippen LogP contribution in [-0.4, -0.2) is 63.6 Å². The summed E-state index contributed by atoms with van der Waals surface area (Å²) in [7, 11) is 0. The molecule has 1 saturated heterocycles. The molecule has 0 aromatic heterocycles. The van der Waals surface area contributed by atoms with Crippen LogP contribution in [-0.2, 0) is 23.9 Å². The summed E-state index contributed by atoms with van der Waals surface area (Å²) in [6.45, 7) is 1.93. The smallest absolute Gasteiger partial charge is 0.352 e. The zero-order valence-corrected chi connectivity index (χ0v) is 17.3. The van der Waals surface area contributed by atoms with E-state index in [0.29, 0.717) is 0 Å². The van der Waals surface area contributed by atoms with Crippen molar-refractivity contribution in [2.45, 2.75) is 25.3 Å². The fourth-order valence-electron chi connectivity index (χ4n) is 3.04. The molecule has 0 unspecified atom stereocenters. The topological polar surface area (TPSA) is 163 Å². The largest absolute Gasteiger partial charge is 0.477 e. The molecule has 1 amide bonds. The summed E-state index contributed by atoms with van der Waals surface area (Å²) in [6.07, 6.45) is 0. The number of hydrogen-bond acceptors (Lipinski definition) is 10. The molecule has 2 atom stereocenters. The van der Waals surface area contributed by atoms with E-state index in [9.17, 15) is 29.1 Å². The molecule has 2 heterocycles. The average Bonchev–Trinajstić information content (AvgIpc) is 2.70. The van der Waals surface area contributed by atoms with E-state index in [4.69, 9.17) is 19.9 Å². The number of nitrogens with zero attached hydrogens (tertiary/aromatic N) is 1. The zero-order valence-electron chi connectivity index (χ0n) is 16.4. The summed E-state index contributed by atoms with van der Waals surface area (Å²) >= 11 is 1.28. The van der Waals surface area contributed by atoms with Crippen LogP contribution in [0.2, 0.25) is 0 Å². The highest BCUT2D eigenvalue weighted by molar-refractivity contribution is 8.00. The maximum Gasteiger partial charge on any atom is 0.352 e. The number of hydrogen-bond donors (Lipinski definition) is 2. The number of rotatable bonds is 6. The number of carbonyl (C=O) groups excluding carboxylic acids is 4. The van der Waals surface area contributed by atoms with E-state index in [1.807, 2.05) is 0 Å². The number of thioether (sulfide) groups is 1. The van der Waals surface area contributed by atoms with Crippen molar-refractivity contribution in [3.05, 3.63) is 35.0 Å². The number of benzene rings is 1. The molecule has 0 spiro atoms. The lowest BCUT2D eigenvalue weighted by Crippen LogP contribution is -2.68. The van der Waals surface area contributed by atoms with Gasteiger partial charge < -0.3 is 25.1 Å². The van der Waals surface area contributed by atoms with Gasteiger partial charge in [-0.05, 0) is 18.2 Å². The lowest BCUT2D eigenvalue weighted by atomic mass is 10.0. The summed E-state index contributed by atoms with van der Waals surface area (Å²) in [5, 5.41) is 9.05. The van der Waals surface area contributed by atoms with Crippen LogP contribution in [0.3, 0.4) is 0 Å². The van der Waals surface area contributed by atoms with E-state index in [-0.39, 0.29) is 40.7 Å². The second kappa shape index (κ2) is 8.78. The van der Waals surface area contributed by atoms with Crippen molar-refractivity contribution in [3.63, 3.8) is 0 Å². The van der Waals surface area contributed by atoms with Crippen LogP contribution < -0.4 is 15.2 Å². The second-order valence-corrected chi connectivity index (χ2v) is 7.72. The van der Waals surface area contributed by atoms with Gasteiger partial charge in [-0.3, -0.25) is 19.3 Å². The first-order valence-electron chi connectivity index (χ1n) is 8.93. The van der Waals surface area contributed by atoms with Gasteiger partial charge in [-0.2, -0.15) is 0 Å². The number of aliphatic carboxylic acids is 1. The molecule has 1 aromatic rings. The molecule has 3 rings (SSSR count). The van der Waals surface area contributed by atoms with Crippen molar-refractivity contribution in [3.8, 4) is 11.5 Å². The molecule has 1 aromatic carbocycles. The van der Waals surface area contributed by atoms with Crippen molar-refractivity contribution in [1.82, 2.24) is 4.90 Å². The van der Waals surface area contributed by atoms with Gasteiger partial charge in [0.15, 0.2) is 11.5 Å². The van der Waals surface area contributed by atoms with Crippen molar-refractivity contribution in [1.29, 1.82) is 0 Å². The van der Waals surface area contributed by atoms with Crippen LogP contribution >= 0.6 is 11.8 Å². The first-order valence-corrected chi connectivity index (χ1v) is 9.98. The van der Waals surface area contributed by atoms with Gasteiger partial charge in [0.05, 0.1) is 5.56 Å². The molecule has 12 heteroatoms. The third-order valence-electron chi connectivity index (χ3n) is 4.36. The molecule has 0 radical (unpaired) electrons. The van der Waals surface area contributed by atoms with Gasteiger partial charge >= 0.3 is 23.9 Å². The minimum Gasteiger partial charge on any atom is -0.477 e. The molecule has 2 aliphatic rings. The molecule has 0 aliphatic carbocycles. The number of esters is 3. The number of amides is 1. The highest BCUT2D eigenvalue weighted by atomic mass is 32.2. The lowest BCUT2D eigenvalue weighted by Gasteiger charge is -2.47. The van der Waals surface area contributed by atoms with E-state index >= 15 is 0 Å². The molecule has 2 aliphatic heterocycles. The van der Waals surface area contributed by atoms with E-state index in [2.05, 4.69) is 0 Å². The Kier molecular flexibility index (Phi) is 6.32. The summed E-state index contributed by atoms with van der Waals surface area (Å²) < 4.78 is 15.1. The van der Waals surface area contributed by atoms with E-state index in [1.165, 1.54) is 23.9 Å². The summed E-state index contributed by atoms with van der Waals surface area (Å²) in [4.78, 5) is 59.7. The van der Waals surface area contributed by atoms with Gasteiger partial charge in [-0.25, -0.2) is 9.59 Å². The number of ether oxygens (including phenoxy) is 3. The maximum absolute atomic E-state index is 12.5. The van der Waals surface area contributed by atoms with Crippen LogP contribution in [0.25, 0.3) is 0 Å². The number of β-lactam (4-membered cyclic amide) rings is 1. The fraction of sp³-hybridized carbons (Fsp3) is 0.316. The Bertz CT molecular complexity index is 1020. The Balaban J connectivity index is 1.78. The van der Waals surface area contributed by atoms with E-state index in [0.717, 1.165) is 24.8 Å². The van der Waals surface area contributed by atoms with Crippen LogP contribution in [0.5, 0.6) is 11.5 Å². The van der Waals surface area contributed by atoms with E-state index in [1.54, 1.807) is 0 Å². The third kappa shape index (κ3) is 4.54. The molecular weight excluding hydrogens is 432 g/mol. The SMILES string of the molecule is CC(=O)Oc1ccc(C(=O)OCC2=C(C(=O)O)N3C(=O)[C@@H](N)[C@H]3SC2)cc1OC(C)=O. The summed E-state index contributed by atoms with van der Waals surface area (Å²) in [6, 6.07) is 2.96. The Morgan fingerprint density at radius 2 is 1.81 bits per heavy atom. The first kappa shape index (κ1) is 22.3. The van der Waals surface area contributed by atoms with Gasteiger partial charge in [0.1, 0.15) is 23.7 Å². The number of carbonyl (C=O) groups is 5. The van der Waals surface area contributed by atoms with Gasteiger partial charge in [-0.15, -0.1) is 11.8 Å². The molecule has 31 heavy (non-hydrogen) atoms. The van der Waals surface area contributed by atoms with Crippen LogP contribution in [0, 0.1) is 0 Å². The Morgan fingerprint density at radius 3 is 2.42 bits per heavy atom. The Morgan fingerprint density at radius 1 is 1.16 bits per heavy atom. The summed E-state index contributed by atoms with van der Waals surface area (Å²) in [5.41, 5.74) is 5.68. The van der Waals surface area contributed by atoms with Crippen LogP contribution in [0.15, 0.2) is 29.5 Å². The quantitative estimate of drug-likeness (QED) is 0.347. The molecule has 1 fully saturated rings. The van der Waals surface area contributed by atoms with Gasteiger partial charge in [0.25, 0.3) is 0 Å². The maximum atomic E-state index is 12.5. The lowest BCUT2D eigenvalue weighted by molar-refractivity contribution is -0.148. The van der Waals surface area contributed by atoms with Crippen molar-refractivity contribution in [2.75, 3.05) is 12.4 Å². The van der Waals surface area contributed by atoms with Crippen LogP contribution in [0.1, 0.15) is 24.2 Å². The standard InChI is InChI=1S/C19H18N2O9S/c1-8(22)29-12-4-3-10(5-13(12)30-9(2)23)19(27)28-6-11-7-31-17-14(20)16(24)21(17)15(11)18(25)26/h3-5,14,17H,6-7,20H2,1-2H3,(H,25,26)/t14-,17-/m1/s1. The number of carboxylic acids is 1. The number of fused-ring (bicyclic) bond motifs is 1. The minimum atomic E-state index is -1.32. The van der Waals surface area contributed by atoms with Gasteiger partial charge in [0.2, 0.25) is 5.91 Å². The van der Waals surface area contributed by atoms with Crippen molar-refractivity contribution < 1.29 is 43.3 Å². The molecular formula is C19H18N2O9S. The van der Waals surface area contributed by atoms with Gasteiger partial charge in [-0.1, -0.05) is 0 Å². The monoisotopic (exact) mass is 450 g/mol. The normalized spacial score (nSPS) is 19.8. The van der Waals surface area contributed by atoms with E-state index < -0.39 is 41.2 Å². The Hall–Kier alpha value is -3.38. The average molecular weight is 450 g/mol. The highest BCUT2D eigenvalue weighted by Crippen LogP contribution is 2.39. The zero-order chi connectivity index (χ0) is 22.9. The minimum absolute atomic E-state index is 0.0204. The predicted molar refractivity (Wildman–Crippen MR) is 105 cm³/mol. The summed E-state index contributed by atoms with van der Waals surface area (Å²) in [5.74, 6) is -3.99. The molecule has 3 N–H and O–H groups in total. The highest BCUT2D eigenvalue weighted by Gasteiger charge is 2.51. The third-order valence-corrected chi connectivity index (χ3v) is 5.72. The fourth-order valence-corrected chi connectivity index (χ4v) is 4.31. The van der Waals surface area contributed by atoms with Crippen molar-refractivity contribution in [2.24, 2.45) is 5.73 Å².